The van der Waals surface area contributed by atoms with Gasteiger partial charge in [-0.3, -0.25) is 0 Å². The molecule has 0 fully saturated rings. The Hall–Kier alpha value is -1.31. The van der Waals surface area contributed by atoms with Crippen molar-refractivity contribution in [3.8, 4) is 0 Å². The van der Waals surface area contributed by atoms with Crippen molar-refractivity contribution in [1.29, 1.82) is 0 Å². The maximum absolute atomic E-state index is 4.52. The second kappa shape index (κ2) is 3.09. The Labute approximate surface area is 90.7 Å². The first kappa shape index (κ1) is 10.2. The summed E-state index contributed by atoms with van der Waals surface area (Å²) < 4.78 is 0. The summed E-state index contributed by atoms with van der Waals surface area (Å²) in [6.07, 6.45) is 2.03. The van der Waals surface area contributed by atoms with Crippen LogP contribution in [0.4, 0.5) is 0 Å². The molecule has 2 heteroatoms. The highest BCUT2D eigenvalue weighted by Crippen LogP contribution is 2.31. The topological polar surface area (TPSA) is 28.7 Å². The van der Waals surface area contributed by atoms with Gasteiger partial charge in [-0.2, -0.15) is 0 Å². The zero-order valence-electron chi connectivity index (χ0n) is 10.1. The van der Waals surface area contributed by atoms with Crippen LogP contribution in [0.15, 0.2) is 12.3 Å². The van der Waals surface area contributed by atoms with Crippen molar-refractivity contribution in [1.82, 2.24) is 9.97 Å². The highest BCUT2D eigenvalue weighted by molar-refractivity contribution is 5.84. The lowest BCUT2D eigenvalue weighted by atomic mass is 9.84. The molecule has 15 heavy (non-hydrogen) atoms. The molecule has 2 rings (SSSR count). The summed E-state index contributed by atoms with van der Waals surface area (Å²) in [6, 6.07) is 2.20. The number of H-pyrrole nitrogens is 1. The van der Waals surface area contributed by atoms with Gasteiger partial charge in [0.05, 0.1) is 0 Å². The lowest BCUT2D eigenvalue weighted by Crippen LogP contribution is -2.12. The van der Waals surface area contributed by atoms with Crippen LogP contribution in [0.2, 0.25) is 0 Å². The van der Waals surface area contributed by atoms with E-state index in [9.17, 15) is 0 Å². The molecule has 0 amide bonds. The molecular weight excluding hydrogens is 184 g/mol. The second-order valence-corrected chi connectivity index (χ2v) is 5.26. The summed E-state index contributed by atoms with van der Waals surface area (Å²) in [5.41, 5.74) is 4.91. The number of pyridine rings is 1. The SMILES string of the molecule is Cc1cc(C(C)(C)C)c2c(C)c[nH]c2n1. The Morgan fingerprint density at radius 3 is 2.47 bits per heavy atom. The first-order valence-electron chi connectivity index (χ1n) is 5.35. The first-order chi connectivity index (χ1) is 6.89. The van der Waals surface area contributed by atoms with Crippen LogP contribution in [0.25, 0.3) is 11.0 Å². The van der Waals surface area contributed by atoms with Crippen LogP contribution in [0, 0.1) is 13.8 Å². The first-order valence-corrected chi connectivity index (χ1v) is 5.35. The molecule has 80 valence electrons. The smallest absolute Gasteiger partial charge is 0.138 e. The van der Waals surface area contributed by atoms with Gasteiger partial charge in [-0.25, -0.2) is 4.98 Å². The van der Waals surface area contributed by atoms with Crippen LogP contribution >= 0.6 is 0 Å². The van der Waals surface area contributed by atoms with E-state index >= 15 is 0 Å². The van der Waals surface area contributed by atoms with Crippen LogP contribution in [0.1, 0.15) is 37.6 Å². The number of rotatable bonds is 0. The van der Waals surface area contributed by atoms with Crippen molar-refractivity contribution >= 4 is 11.0 Å². The quantitative estimate of drug-likeness (QED) is 0.696. The lowest BCUT2D eigenvalue weighted by Gasteiger charge is -2.21. The Morgan fingerprint density at radius 1 is 1.20 bits per heavy atom. The van der Waals surface area contributed by atoms with Gasteiger partial charge in [0, 0.05) is 17.3 Å². The summed E-state index contributed by atoms with van der Waals surface area (Å²) in [6.45, 7) is 10.9. The maximum Gasteiger partial charge on any atom is 0.138 e. The van der Waals surface area contributed by atoms with E-state index in [1.165, 1.54) is 16.5 Å². The molecule has 0 aliphatic heterocycles. The molecular formula is C13H18N2. The molecule has 0 atom stereocenters. The van der Waals surface area contributed by atoms with E-state index in [1.54, 1.807) is 0 Å². The highest BCUT2D eigenvalue weighted by atomic mass is 14.9. The van der Waals surface area contributed by atoms with Crippen molar-refractivity contribution in [2.24, 2.45) is 0 Å². The zero-order chi connectivity index (χ0) is 11.2. The molecule has 0 saturated heterocycles. The minimum Gasteiger partial charge on any atom is -0.346 e. The molecule has 0 aliphatic carbocycles. The third-order valence-corrected chi connectivity index (χ3v) is 2.78. The molecule has 2 nitrogen and oxygen atoms in total. The molecule has 0 bridgehead atoms. The molecule has 1 N–H and O–H groups in total. The van der Waals surface area contributed by atoms with E-state index < -0.39 is 0 Å². The lowest BCUT2D eigenvalue weighted by molar-refractivity contribution is 0.594. The monoisotopic (exact) mass is 202 g/mol. The predicted octanol–water partition coefficient (Wildman–Crippen LogP) is 3.48. The summed E-state index contributed by atoms with van der Waals surface area (Å²) in [7, 11) is 0. The van der Waals surface area contributed by atoms with Crippen molar-refractivity contribution in [2.75, 3.05) is 0 Å². The van der Waals surface area contributed by atoms with Crippen LogP contribution in [0.5, 0.6) is 0 Å². The summed E-state index contributed by atoms with van der Waals surface area (Å²) in [5, 5.41) is 1.29. The molecule has 0 aromatic carbocycles. The fourth-order valence-electron chi connectivity index (χ4n) is 2.02. The van der Waals surface area contributed by atoms with E-state index in [0.717, 1.165) is 11.3 Å². The van der Waals surface area contributed by atoms with E-state index in [2.05, 4.69) is 43.7 Å². The number of aryl methyl sites for hydroxylation is 2. The minimum atomic E-state index is 0.166. The van der Waals surface area contributed by atoms with Gasteiger partial charge in [0.2, 0.25) is 0 Å². The van der Waals surface area contributed by atoms with Gasteiger partial charge >= 0.3 is 0 Å². The second-order valence-electron chi connectivity index (χ2n) is 5.26. The van der Waals surface area contributed by atoms with Crippen LogP contribution in [-0.4, -0.2) is 9.97 Å². The normalized spacial score (nSPS) is 12.3. The molecule has 0 saturated carbocycles. The molecule has 0 radical (unpaired) electrons. The highest BCUT2D eigenvalue weighted by Gasteiger charge is 2.19. The van der Waals surface area contributed by atoms with E-state index in [0.29, 0.717) is 0 Å². The van der Waals surface area contributed by atoms with Crippen LogP contribution in [0.3, 0.4) is 0 Å². The fourth-order valence-corrected chi connectivity index (χ4v) is 2.02. The molecule has 0 aliphatic rings. The molecule has 2 heterocycles. The van der Waals surface area contributed by atoms with Crippen molar-refractivity contribution in [3.05, 3.63) is 29.1 Å². The standard InChI is InChI=1S/C13H18N2/c1-8-7-14-12-11(8)10(13(3,4)5)6-9(2)15-12/h6-7H,1-5H3,(H,14,15). The van der Waals surface area contributed by atoms with Gasteiger partial charge in [-0.1, -0.05) is 20.8 Å². The third kappa shape index (κ3) is 1.65. The molecule has 0 unspecified atom stereocenters. The Bertz CT molecular complexity index is 501. The van der Waals surface area contributed by atoms with Gasteiger partial charge < -0.3 is 4.98 Å². The number of nitrogens with zero attached hydrogens (tertiary/aromatic N) is 1. The van der Waals surface area contributed by atoms with Crippen molar-refractivity contribution in [2.45, 2.75) is 40.0 Å². The fraction of sp³-hybridized carbons (Fsp3) is 0.462. The van der Waals surface area contributed by atoms with Gasteiger partial charge in [-0.05, 0) is 36.5 Å². The zero-order valence-corrected chi connectivity index (χ0v) is 10.1. The largest absolute Gasteiger partial charge is 0.346 e. The van der Waals surface area contributed by atoms with Gasteiger partial charge in [-0.15, -0.1) is 0 Å². The number of hydrogen-bond donors (Lipinski definition) is 1. The molecule has 0 spiro atoms. The Morgan fingerprint density at radius 2 is 1.87 bits per heavy atom. The van der Waals surface area contributed by atoms with Gasteiger partial charge in [0.15, 0.2) is 0 Å². The average Bonchev–Trinajstić information content (AvgIpc) is 2.44. The van der Waals surface area contributed by atoms with Crippen LogP contribution < -0.4 is 0 Å². The number of aromatic nitrogens is 2. The number of aromatic amines is 1. The molecule has 2 aromatic heterocycles. The summed E-state index contributed by atoms with van der Waals surface area (Å²) in [5.74, 6) is 0. The Balaban J connectivity index is 2.87. The predicted molar refractivity (Wildman–Crippen MR) is 64.3 cm³/mol. The summed E-state index contributed by atoms with van der Waals surface area (Å²) in [4.78, 5) is 7.75. The molecule has 2 aromatic rings. The van der Waals surface area contributed by atoms with E-state index in [4.69, 9.17) is 0 Å². The Kier molecular flexibility index (Phi) is 2.10. The van der Waals surface area contributed by atoms with Gasteiger partial charge in [0.1, 0.15) is 5.65 Å². The minimum absolute atomic E-state index is 0.166. The van der Waals surface area contributed by atoms with E-state index in [-0.39, 0.29) is 5.41 Å². The van der Waals surface area contributed by atoms with Crippen LogP contribution in [-0.2, 0) is 5.41 Å². The number of hydrogen-bond acceptors (Lipinski definition) is 1. The average molecular weight is 202 g/mol. The van der Waals surface area contributed by atoms with Crippen molar-refractivity contribution in [3.63, 3.8) is 0 Å². The third-order valence-electron chi connectivity index (χ3n) is 2.78. The van der Waals surface area contributed by atoms with Crippen molar-refractivity contribution < 1.29 is 0 Å². The van der Waals surface area contributed by atoms with Gasteiger partial charge in [0.25, 0.3) is 0 Å². The number of fused-ring (bicyclic) bond motifs is 1. The van der Waals surface area contributed by atoms with E-state index in [1.807, 2.05) is 13.1 Å². The summed E-state index contributed by atoms with van der Waals surface area (Å²) >= 11 is 0. The number of nitrogens with one attached hydrogen (secondary N) is 1. The maximum atomic E-state index is 4.52.